The average Bonchev–Trinajstić information content (AvgIpc) is 3.22. The van der Waals surface area contributed by atoms with E-state index in [1.165, 1.54) is 12.1 Å². The number of carboxylic acid groups (broad SMARTS) is 1. The number of piperidine rings is 1. The highest BCUT2D eigenvalue weighted by Gasteiger charge is 2.43. The van der Waals surface area contributed by atoms with Crippen molar-refractivity contribution >= 4 is 49.7 Å². The average molecular weight is 504 g/mol. The van der Waals surface area contributed by atoms with Gasteiger partial charge in [-0.25, -0.2) is 9.37 Å². The number of carbonyl (C=O) groups is 2. The molecule has 1 atom stereocenters. The number of benzene rings is 1. The van der Waals surface area contributed by atoms with E-state index in [0.29, 0.717) is 27.4 Å². The second kappa shape index (κ2) is 9.68. The number of nitrogens with one attached hydrogen (secondary N) is 2. The van der Waals surface area contributed by atoms with Crippen LogP contribution in [0.5, 0.6) is 0 Å². The molecule has 1 aliphatic rings. The van der Waals surface area contributed by atoms with Crippen LogP contribution in [0.25, 0.3) is 0 Å². The molecule has 178 valence electrons. The summed E-state index contributed by atoms with van der Waals surface area (Å²) in [6, 6.07) is 9.58. The molecule has 34 heavy (non-hydrogen) atoms. The fourth-order valence-electron chi connectivity index (χ4n) is 4.12. The van der Waals surface area contributed by atoms with Crippen LogP contribution in [-0.2, 0) is 11.2 Å². The van der Waals surface area contributed by atoms with Crippen molar-refractivity contribution < 1.29 is 19.1 Å². The standard InChI is InChI=1S/C23H24ClFN5O3P/c1-13-11-18(29-28-13)27-20-17(25)6-5-14(26-20)12-23(22(32)33)7-9-30(10-8-23)21(31)15-3-2-4-16(24)19(15)34/h2-6,11H,7-10,12,34H2,1H3,(H,32,33)(H2,26,27,28,29). The quantitative estimate of drug-likeness (QED) is 0.442. The molecule has 2 aromatic heterocycles. The Balaban J connectivity index is 1.50. The van der Waals surface area contributed by atoms with E-state index in [-0.39, 0.29) is 44.1 Å². The summed E-state index contributed by atoms with van der Waals surface area (Å²) in [5.74, 6) is -1.32. The molecule has 1 aromatic carbocycles. The summed E-state index contributed by atoms with van der Waals surface area (Å²) in [6.07, 6.45) is 0.618. The first-order valence-corrected chi connectivity index (χ1v) is 11.7. The molecule has 1 amide bonds. The minimum atomic E-state index is -1.11. The van der Waals surface area contributed by atoms with Gasteiger partial charge in [-0.3, -0.25) is 14.7 Å². The monoisotopic (exact) mass is 503 g/mol. The number of nitrogens with zero attached hydrogens (tertiary/aromatic N) is 3. The largest absolute Gasteiger partial charge is 0.481 e. The van der Waals surface area contributed by atoms with Crippen molar-refractivity contribution in [2.45, 2.75) is 26.2 Å². The van der Waals surface area contributed by atoms with Gasteiger partial charge in [0.2, 0.25) is 0 Å². The van der Waals surface area contributed by atoms with Crippen LogP contribution in [0.3, 0.4) is 0 Å². The third-order valence-corrected chi connectivity index (χ3v) is 7.25. The van der Waals surface area contributed by atoms with E-state index in [1.807, 2.05) is 6.92 Å². The van der Waals surface area contributed by atoms with Crippen molar-refractivity contribution in [1.82, 2.24) is 20.1 Å². The Morgan fingerprint density at radius 2 is 2.03 bits per heavy atom. The van der Waals surface area contributed by atoms with E-state index in [1.54, 1.807) is 29.2 Å². The number of halogens is 2. The molecular formula is C23H24ClFN5O3P. The number of aliphatic carboxylic acids is 1. The number of carbonyl (C=O) groups excluding carboxylic acids is 1. The van der Waals surface area contributed by atoms with Crippen molar-refractivity contribution in [3.8, 4) is 0 Å². The van der Waals surface area contributed by atoms with Crippen LogP contribution < -0.4 is 10.6 Å². The second-order valence-corrected chi connectivity index (χ2v) is 9.43. The summed E-state index contributed by atoms with van der Waals surface area (Å²) in [5, 5.41) is 20.8. The number of aryl methyl sites for hydroxylation is 1. The lowest BCUT2D eigenvalue weighted by Crippen LogP contribution is -2.48. The molecule has 11 heteroatoms. The number of amides is 1. The van der Waals surface area contributed by atoms with E-state index in [2.05, 4.69) is 29.7 Å². The Bertz CT molecular complexity index is 1240. The fraction of sp³-hybridized carbons (Fsp3) is 0.304. The third-order valence-electron chi connectivity index (χ3n) is 6.12. The second-order valence-electron chi connectivity index (χ2n) is 8.45. The van der Waals surface area contributed by atoms with Crippen LogP contribution in [0.4, 0.5) is 16.0 Å². The topological polar surface area (TPSA) is 111 Å². The summed E-state index contributed by atoms with van der Waals surface area (Å²) in [4.78, 5) is 31.3. The third kappa shape index (κ3) is 4.91. The van der Waals surface area contributed by atoms with Gasteiger partial charge in [0, 0.05) is 52.9 Å². The highest BCUT2D eigenvalue weighted by molar-refractivity contribution is 7.28. The summed E-state index contributed by atoms with van der Waals surface area (Å²) >= 11 is 6.14. The molecule has 1 fully saturated rings. The van der Waals surface area contributed by atoms with E-state index in [9.17, 15) is 19.1 Å². The van der Waals surface area contributed by atoms with Crippen LogP contribution in [0.15, 0.2) is 36.4 Å². The number of carboxylic acids is 1. The highest BCUT2D eigenvalue weighted by atomic mass is 35.5. The van der Waals surface area contributed by atoms with Gasteiger partial charge in [0.25, 0.3) is 5.91 Å². The maximum Gasteiger partial charge on any atom is 0.310 e. The van der Waals surface area contributed by atoms with Gasteiger partial charge in [0.1, 0.15) is 0 Å². The summed E-state index contributed by atoms with van der Waals surface area (Å²) in [6.45, 7) is 2.37. The number of hydrogen-bond donors (Lipinski definition) is 3. The van der Waals surface area contributed by atoms with Crippen molar-refractivity contribution in [3.63, 3.8) is 0 Å². The molecule has 1 unspecified atom stereocenters. The van der Waals surface area contributed by atoms with Gasteiger partial charge in [-0.15, -0.1) is 9.24 Å². The molecule has 1 aliphatic heterocycles. The molecule has 0 aliphatic carbocycles. The first-order valence-electron chi connectivity index (χ1n) is 10.7. The van der Waals surface area contributed by atoms with Crippen molar-refractivity contribution in [2.75, 3.05) is 18.4 Å². The number of hydrogen-bond acceptors (Lipinski definition) is 5. The number of aromatic nitrogens is 3. The number of H-pyrrole nitrogens is 1. The van der Waals surface area contributed by atoms with Crippen molar-refractivity contribution in [3.05, 3.63) is 64.2 Å². The van der Waals surface area contributed by atoms with E-state index in [0.717, 1.165) is 5.69 Å². The number of likely N-dealkylation sites (tertiary alicyclic amines) is 1. The van der Waals surface area contributed by atoms with Gasteiger partial charge < -0.3 is 15.3 Å². The molecule has 8 nitrogen and oxygen atoms in total. The van der Waals surface area contributed by atoms with Gasteiger partial charge in [-0.2, -0.15) is 5.10 Å². The van der Waals surface area contributed by atoms with Gasteiger partial charge in [-0.05, 0) is 44.0 Å². The number of pyridine rings is 1. The number of anilines is 2. The fourth-order valence-corrected chi connectivity index (χ4v) is 4.61. The Hall–Kier alpha value is -3.03. The first kappa shape index (κ1) is 24.1. The molecular weight excluding hydrogens is 480 g/mol. The van der Waals surface area contributed by atoms with Crippen LogP contribution in [0, 0.1) is 18.2 Å². The predicted octanol–water partition coefficient (Wildman–Crippen LogP) is 3.70. The van der Waals surface area contributed by atoms with Crippen LogP contribution in [0.1, 0.15) is 34.6 Å². The number of rotatable bonds is 6. The molecule has 3 aromatic rings. The SMILES string of the molecule is Cc1cc(Nc2nc(CC3(C(=O)O)CCN(C(=O)c4cccc(Cl)c4P)CC3)ccc2F)n[nH]1. The molecule has 0 radical (unpaired) electrons. The van der Waals surface area contributed by atoms with Gasteiger partial charge >= 0.3 is 5.97 Å². The normalized spacial score (nSPS) is 15.2. The lowest BCUT2D eigenvalue weighted by atomic mass is 9.74. The lowest BCUT2D eigenvalue weighted by Gasteiger charge is -2.39. The molecule has 3 N–H and O–H groups in total. The lowest BCUT2D eigenvalue weighted by molar-refractivity contribution is -0.151. The maximum atomic E-state index is 14.3. The summed E-state index contributed by atoms with van der Waals surface area (Å²) in [5.41, 5.74) is 0.613. The molecule has 1 saturated heterocycles. The Morgan fingerprint density at radius 3 is 2.68 bits per heavy atom. The minimum Gasteiger partial charge on any atom is -0.481 e. The Morgan fingerprint density at radius 1 is 1.29 bits per heavy atom. The Labute approximate surface area is 203 Å². The minimum absolute atomic E-state index is 0.0221. The zero-order chi connectivity index (χ0) is 24.5. The zero-order valence-corrected chi connectivity index (χ0v) is 20.3. The molecule has 3 heterocycles. The van der Waals surface area contributed by atoms with Crippen LogP contribution >= 0.6 is 20.8 Å². The van der Waals surface area contributed by atoms with E-state index < -0.39 is 17.2 Å². The van der Waals surface area contributed by atoms with Crippen molar-refractivity contribution in [2.24, 2.45) is 5.41 Å². The molecule has 0 saturated carbocycles. The van der Waals surface area contributed by atoms with Crippen LogP contribution in [0.2, 0.25) is 5.02 Å². The zero-order valence-electron chi connectivity index (χ0n) is 18.4. The molecule has 0 spiro atoms. The molecule has 4 rings (SSSR count). The van der Waals surface area contributed by atoms with Gasteiger partial charge in [0.05, 0.1) is 5.41 Å². The molecule has 0 bridgehead atoms. The number of aromatic amines is 1. The van der Waals surface area contributed by atoms with Gasteiger partial charge in [-0.1, -0.05) is 17.7 Å². The smallest absolute Gasteiger partial charge is 0.310 e. The maximum absolute atomic E-state index is 14.3. The predicted molar refractivity (Wildman–Crippen MR) is 131 cm³/mol. The first-order chi connectivity index (χ1) is 16.2. The highest BCUT2D eigenvalue weighted by Crippen LogP contribution is 2.36. The summed E-state index contributed by atoms with van der Waals surface area (Å²) < 4.78 is 14.3. The summed E-state index contributed by atoms with van der Waals surface area (Å²) in [7, 11) is 2.48. The Kier molecular flexibility index (Phi) is 6.86. The van der Waals surface area contributed by atoms with Crippen LogP contribution in [-0.4, -0.2) is 50.2 Å². The van der Waals surface area contributed by atoms with E-state index >= 15 is 0 Å². The van der Waals surface area contributed by atoms with Gasteiger partial charge in [0.15, 0.2) is 17.5 Å². The van der Waals surface area contributed by atoms with E-state index in [4.69, 9.17) is 11.6 Å². The van der Waals surface area contributed by atoms with Crippen molar-refractivity contribution in [1.29, 1.82) is 0 Å².